The van der Waals surface area contributed by atoms with E-state index in [1.54, 1.807) is 0 Å². The van der Waals surface area contributed by atoms with Gasteiger partial charge in [-0.1, -0.05) is 60.7 Å². The summed E-state index contributed by atoms with van der Waals surface area (Å²) in [6, 6.07) is 18.1. The molecule has 2 amide bonds. The summed E-state index contributed by atoms with van der Waals surface area (Å²) in [5.41, 5.74) is 1.85. The molecule has 0 saturated carbocycles. The maximum absolute atomic E-state index is 12.3. The Kier molecular flexibility index (Phi) is 5.53. The van der Waals surface area contributed by atoms with E-state index in [0.717, 1.165) is 17.5 Å². The van der Waals surface area contributed by atoms with Crippen LogP contribution in [0.3, 0.4) is 0 Å². The molecular formula is C19H18N2O4. The summed E-state index contributed by atoms with van der Waals surface area (Å²) in [5, 5.41) is 0. The number of aliphatic imine (C=N–C) groups is 1. The predicted octanol–water partition coefficient (Wildman–Crippen LogP) is 2.49. The number of rotatable bonds is 7. The number of benzene rings is 2. The number of amides is 2. The largest absolute Gasteiger partial charge is 0.325 e. The van der Waals surface area contributed by atoms with Crippen molar-refractivity contribution >= 4 is 18.2 Å². The number of carbonyl (C=O) groups excluding carboxylic acids is 2. The van der Waals surface area contributed by atoms with Crippen molar-refractivity contribution in [2.24, 2.45) is 4.99 Å². The van der Waals surface area contributed by atoms with Gasteiger partial charge in [-0.15, -0.1) is 0 Å². The van der Waals surface area contributed by atoms with Gasteiger partial charge in [-0.2, -0.15) is 4.89 Å². The summed E-state index contributed by atoms with van der Waals surface area (Å²) in [6.45, 7) is 0.528. The van der Waals surface area contributed by atoms with Crippen molar-refractivity contribution in [3.63, 3.8) is 0 Å². The van der Waals surface area contributed by atoms with Gasteiger partial charge in [0.25, 0.3) is 5.91 Å². The summed E-state index contributed by atoms with van der Waals surface area (Å²) in [4.78, 5) is 39.4. The molecule has 1 aliphatic heterocycles. The van der Waals surface area contributed by atoms with Crippen molar-refractivity contribution in [2.75, 3.05) is 0 Å². The summed E-state index contributed by atoms with van der Waals surface area (Å²) >= 11 is 0. The summed E-state index contributed by atoms with van der Waals surface area (Å²) < 4.78 is 0. The van der Waals surface area contributed by atoms with Crippen LogP contribution in [0, 0.1) is 0 Å². The smallest absolute Gasteiger partial charge is 0.254 e. The topological polar surface area (TPSA) is 68.2 Å². The molecule has 0 aliphatic carbocycles. The molecule has 128 valence electrons. The van der Waals surface area contributed by atoms with Gasteiger partial charge in [0.15, 0.2) is 0 Å². The van der Waals surface area contributed by atoms with Crippen LogP contribution in [-0.2, 0) is 32.5 Å². The minimum Gasteiger partial charge on any atom is -0.325 e. The lowest BCUT2D eigenvalue weighted by Crippen LogP contribution is -2.31. The molecule has 0 radical (unpaired) electrons. The lowest BCUT2D eigenvalue weighted by atomic mass is 10.2. The van der Waals surface area contributed by atoms with Crippen LogP contribution in [0.25, 0.3) is 0 Å². The molecule has 1 aliphatic rings. The highest BCUT2D eigenvalue weighted by Gasteiger charge is 2.38. The Bertz CT molecular complexity index is 747. The highest BCUT2D eigenvalue weighted by atomic mass is 17.2. The second kappa shape index (κ2) is 8.21. The van der Waals surface area contributed by atoms with Gasteiger partial charge in [0.05, 0.1) is 13.0 Å². The third-order valence-electron chi connectivity index (χ3n) is 3.82. The van der Waals surface area contributed by atoms with E-state index < -0.39 is 6.04 Å². The summed E-state index contributed by atoms with van der Waals surface area (Å²) in [5.74, 6) is -0.557. The average molecular weight is 338 g/mol. The van der Waals surface area contributed by atoms with Crippen LogP contribution in [0.4, 0.5) is 0 Å². The fourth-order valence-electron chi connectivity index (χ4n) is 2.52. The van der Waals surface area contributed by atoms with Gasteiger partial charge >= 0.3 is 0 Å². The minimum atomic E-state index is -0.753. The van der Waals surface area contributed by atoms with Gasteiger partial charge in [0.1, 0.15) is 12.6 Å². The first kappa shape index (κ1) is 16.9. The lowest BCUT2D eigenvalue weighted by molar-refractivity contribution is -0.227. The van der Waals surface area contributed by atoms with Crippen LogP contribution in [-0.4, -0.2) is 29.2 Å². The molecule has 2 aromatic carbocycles. The second-order valence-corrected chi connectivity index (χ2v) is 5.62. The standard InChI is InChI=1S/C19H18N2O4/c22-18-11-17(19(23)21(18)12-15-7-3-1-4-8-15)20-14-25-24-13-16-9-5-2-6-10-16/h1-10,14,17H,11-13H2/t17-/m0/s1. The van der Waals surface area contributed by atoms with E-state index in [1.807, 2.05) is 60.7 Å². The van der Waals surface area contributed by atoms with Gasteiger partial charge in [-0.3, -0.25) is 14.5 Å². The van der Waals surface area contributed by atoms with Crippen LogP contribution in [0.1, 0.15) is 17.5 Å². The molecule has 0 N–H and O–H groups in total. The fourth-order valence-corrected chi connectivity index (χ4v) is 2.52. The van der Waals surface area contributed by atoms with Crippen molar-refractivity contribution in [2.45, 2.75) is 25.6 Å². The number of nitrogens with zero attached hydrogens (tertiary/aromatic N) is 2. The Morgan fingerprint density at radius 1 is 1.00 bits per heavy atom. The van der Waals surface area contributed by atoms with Gasteiger partial charge in [-0.25, -0.2) is 4.99 Å². The van der Waals surface area contributed by atoms with Crippen LogP contribution < -0.4 is 0 Å². The van der Waals surface area contributed by atoms with Crippen LogP contribution in [0.2, 0.25) is 0 Å². The molecule has 0 aromatic heterocycles. The second-order valence-electron chi connectivity index (χ2n) is 5.62. The number of hydrogen-bond acceptors (Lipinski definition) is 5. The molecule has 6 nitrogen and oxygen atoms in total. The molecule has 1 fully saturated rings. The maximum Gasteiger partial charge on any atom is 0.254 e. The first-order valence-corrected chi connectivity index (χ1v) is 7.96. The van der Waals surface area contributed by atoms with E-state index in [0.29, 0.717) is 0 Å². The summed E-state index contributed by atoms with van der Waals surface area (Å²) in [6.07, 6.45) is 1.12. The van der Waals surface area contributed by atoms with Crippen LogP contribution in [0.15, 0.2) is 65.7 Å². The van der Waals surface area contributed by atoms with Gasteiger partial charge in [0, 0.05) is 0 Å². The lowest BCUT2D eigenvalue weighted by Gasteiger charge is -2.13. The van der Waals surface area contributed by atoms with Crippen molar-refractivity contribution in [1.29, 1.82) is 0 Å². The quantitative estimate of drug-likeness (QED) is 0.194. The Hall–Kier alpha value is -2.99. The minimum absolute atomic E-state index is 0.0458. The molecule has 1 heterocycles. The van der Waals surface area contributed by atoms with Gasteiger partial charge < -0.3 is 4.89 Å². The third kappa shape index (κ3) is 4.51. The zero-order valence-corrected chi connectivity index (χ0v) is 13.6. The molecule has 0 unspecified atom stereocenters. The molecular weight excluding hydrogens is 320 g/mol. The van der Waals surface area contributed by atoms with E-state index >= 15 is 0 Å². The Morgan fingerprint density at radius 3 is 2.32 bits per heavy atom. The van der Waals surface area contributed by atoms with Gasteiger partial charge in [0.2, 0.25) is 12.3 Å². The zero-order chi connectivity index (χ0) is 17.5. The molecule has 3 rings (SSSR count). The van der Waals surface area contributed by atoms with Crippen molar-refractivity contribution in [3.05, 3.63) is 71.8 Å². The normalized spacial score (nSPS) is 17.4. The highest BCUT2D eigenvalue weighted by Crippen LogP contribution is 2.18. The number of carbonyl (C=O) groups is 2. The van der Waals surface area contributed by atoms with E-state index in [4.69, 9.17) is 9.78 Å². The maximum atomic E-state index is 12.3. The third-order valence-corrected chi connectivity index (χ3v) is 3.82. The molecule has 1 saturated heterocycles. The van der Waals surface area contributed by atoms with Crippen molar-refractivity contribution in [3.8, 4) is 0 Å². The molecule has 6 heteroatoms. The number of hydrogen-bond donors (Lipinski definition) is 0. The molecule has 0 bridgehead atoms. The van der Waals surface area contributed by atoms with Crippen LogP contribution in [0.5, 0.6) is 0 Å². The fraction of sp³-hybridized carbons (Fsp3) is 0.211. The van der Waals surface area contributed by atoms with E-state index in [-0.39, 0.29) is 31.4 Å². The Balaban J connectivity index is 1.48. The Morgan fingerprint density at radius 2 is 1.64 bits per heavy atom. The molecule has 2 aromatic rings. The first-order chi connectivity index (χ1) is 12.2. The summed E-state index contributed by atoms with van der Waals surface area (Å²) in [7, 11) is 0. The molecule has 0 spiro atoms. The van der Waals surface area contributed by atoms with E-state index in [9.17, 15) is 9.59 Å². The van der Waals surface area contributed by atoms with Gasteiger partial charge in [-0.05, 0) is 11.1 Å². The van der Waals surface area contributed by atoms with Crippen LogP contribution >= 0.6 is 0 Å². The van der Waals surface area contributed by atoms with E-state index in [1.165, 1.54) is 4.90 Å². The monoisotopic (exact) mass is 338 g/mol. The number of imide groups is 1. The van der Waals surface area contributed by atoms with Crippen molar-refractivity contribution < 1.29 is 19.4 Å². The molecule has 25 heavy (non-hydrogen) atoms. The van der Waals surface area contributed by atoms with Crippen molar-refractivity contribution in [1.82, 2.24) is 4.90 Å². The predicted molar refractivity (Wildman–Crippen MR) is 91.2 cm³/mol. The highest BCUT2D eigenvalue weighted by molar-refractivity contribution is 6.05. The molecule has 1 atom stereocenters. The Labute approximate surface area is 145 Å². The average Bonchev–Trinajstić information content (AvgIpc) is 2.91. The first-order valence-electron chi connectivity index (χ1n) is 7.96. The van der Waals surface area contributed by atoms with E-state index in [2.05, 4.69) is 4.99 Å². The SMILES string of the molecule is O=C1C[C@H](N=COOCc2ccccc2)C(=O)N1Cc1ccccc1. The zero-order valence-electron chi connectivity index (χ0n) is 13.6. The number of likely N-dealkylation sites (tertiary alicyclic amines) is 1.